The van der Waals surface area contributed by atoms with Crippen molar-refractivity contribution in [3.8, 4) is 40.0 Å². The third-order valence-corrected chi connectivity index (χ3v) is 7.31. The van der Waals surface area contributed by atoms with Crippen LogP contribution in [0.4, 0.5) is 16.0 Å². The SMILES string of the molecule is CCOc1nn(C2CCN(C)CC2F)cc1-c1cnc2cc1O[C@@H](C)CCOc1c(cnn1C)-c1nccc(n1)N2. The Morgan fingerprint density at radius 2 is 2.00 bits per heavy atom. The summed E-state index contributed by atoms with van der Waals surface area (Å²) in [5.41, 5.74) is 2.09. The Balaban J connectivity index is 1.38. The van der Waals surface area contributed by atoms with Crippen LogP contribution >= 0.6 is 0 Å². The topological polar surface area (TPSA) is 117 Å². The molecule has 216 valence electrons. The Kier molecular flexibility index (Phi) is 7.43. The third kappa shape index (κ3) is 5.53. The van der Waals surface area contributed by atoms with Crippen molar-refractivity contribution in [3.63, 3.8) is 0 Å². The summed E-state index contributed by atoms with van der Waals surface area (Å²) in [6.45, 7) is 5.86. The number of alkyl halides is 1. The fraction of sp³-hybridized carbons (Fsp3) is 0.464. The lowest BCUT2D eigenvalue weighted by molar-refractivity contribution is 0.0996. The average Bonchev–Trinajstić information content (AvgIpc) is 3.52. The Hall–Kier alpha value is -4.26. The van der Waals surface area contributed by atoms with Crippen molar-refractivity contribution < 1.29 is 18.6 Å². The van der Waals surface area contributed by atoms with E-state index < -0.39 is 6.17 Å². The van der Waals surface area contributed by atoms with E-state index in [2.05, 4.69) is 30.5 Å². The summed E-state index contributed by atoms with van der Waals surface area (Å²) < 4.78 is 36.9. The van der Waals surface area contributed by atoms with E-state index in [1.54, 1.807) is 34.0 Å². The van der Waals surface area contributed by atoms with E-state index in [4.69, 9.17) is 14.2 Å². The van der Waals surface area contributed by atoms with Crippen LogP contribution in [0.3, 0.4) is 0 Å². The largest absolute Gasteiger partial charge is 0.490 e. The second-order valence-corrected chi connectivity index (χ2v) is 10.4. The Morgan fingerprint density at radius 3 is 2.83 bits per heavy atom. The van der Waals surface area contributed by atoms with Crippen LogP contribution in [0.15, 0.2) is 36.9 Å². The zero-order valence-electron chi connectivity index (χ0n) is 23.6. The number of aromatic nitrogens is 7. The number of likely N-dealkylation sites (tertiary alicyclic amines) is 1. The fourth-order valence-electron chi connectivity index (χ4n) is 5.16. The van der Waals surface area contributed by atoms with Crippen LogP contribution in [0.25, 0.3) is 22.5 Å². The van der Waals surface area contributed by atoms with E-state index in [0.29, 0.717) is 84.3 Å². The summed E-state index contributed by atoms with van der Waals surface area (Å²) in [7, 11) is 3.75. The first-order valence-corrected chi connectivity index (χ1v) is 13.9. The second-order valence-electron chi connectivity index (χ2n) is 10.4. The highest BCUT2D eigenvalue weighted by Crippen LogP contribution is 2.39. The summed E-state index contributed by atoms with van der Waals surface area (Å²) in [5.74, 6) is 3.18. The number of ether oxygens (including phenoxy) is 3. The van der Waals surface area contributed by atoms with E-state index in [1.165, 1.54) is 0 Å². The Labute approximate surface area is 237 Å². The molecule has 6 heterocycles. The second kappa shape index (κ2) is 11.3. The predicted octanol–water partition coefficient (Wildman–Crippen LogP) is 4.04. The molecule has 3 atom stereocenters. The molecule has 12 nitrogen and oxygen atoms in total. The summed E-state index contributed by atoms with van der Waals surface area (Å²) in [6.07, 6.45) is 6.96. The smallest absolute Gasteiger partial charge is 0.240 e. The highest BCUT2D eigenvalue weighted by molar-refractivity contribution is 5.75. The van der Waals surface area contributed by atoms with Crippen LogP contribution in [0.1, 0.15) is 32.7 Å². The average molecular weight is 564 g/mol. The van der Waals surface area contributed by atoms with Gasteiger partial charge in [0.15, 0.2) is 5.82 Å². The summed E-state index contributed by atoms with van der Waals surface area (Å²) in [4.78, 5) is 15.8. The monoisotopic (exact) mass is 563 g/mol. The van der Waals surface area contributed by atoms with Gasteiger partial charge in [-0.1, -0.05) is 0 Å². The maximum Gasteiger partial charge on any atom is 0.240 e. The molecule has 0 radical (unpaired) electrons. The van der Waals surface area contributed by atoms with Gasteiger partial charge >= 0.3 is 0 Å². The van der Waals surface area contributed by atoms with Gasteiger partial charge in [0.25, 0.3) is 0 Å². The number of rotatable bonds is 4. The molecule has 0 spiro atoms. The maximum atomic E-state index is 15.1. The number of hydrogen-bond acceptors (Lipinski definition) is 10. The standard InChI is InChI=1S/C28H34FN9O3/c1-5-39-27-20(15-38(35-27)22-7-10-36(3)16-21(22)29)18-13-31-25-12-23(18)41-17(2)8-11-40-28-19(14-32-37(28)4)26-30-9-6-24(33-25)34-26/h6,9,12-15,17,21-22H,5,7-8,10-11,16H2,1-4H3,(H,30,31,33,34)/t17-,21?,22?/m0/s1. The van der Waals surface area contributed by atoms with Gasteiger partial charge in [-0.3, -0.25) is 4.68 Å². The number of anilines is 2. The normalized spacial score (nSPS) is 21.1. The van der Waals surface area contributed by atoms with E-state index in [1.807, 2.05) is 45.1 Å². The molecule has 0 aromatic carbocycles. The molecular formula is C28H34FN9O3. The molecule has 4 aromatic rings. The number of hydrogen-bond donors (Lipinski definition) is 1. The van der Waals surface area contributed by atoms with Crippen LogP contribution in [0.2, 0.25) is 0 Å². The first-order valence-electron chi connectivity index (χ1n) is 13.9. The summed E-state index contributed by atoms with van der Waals surface area (Å²) in [5, 5.41) is 12.3. The lowest BCUT2D eigenvalue weighted by atomic mass is 10.0. The first kappa shape index (κ1) is 26.9. The lowest BCUT2D eigenvalue weighted by Gasteiger charge is -2.32. The molecule has 2 aliphatic rings. The molecule has 1 fully saturated rings. The number of nitrogens with one attached hydrogen (secondary N) is 1. The van der Waals surface area contributed by atoms with Gasteiger partial charge in [-0.25, -0.2) is 24.0 Å². The molecule has 2 aliphatic heterocycles. The minimum absolute atomic E-state index is 0.201. The van der Waals surface area contributed by atoms with Crippen LogP contribution in [-0.4, -0.2) is 85.0 Å². The van der Waals surface area contributed by atoms with Gasteiger partial charge in [-0.05, 0) is 33.4 Å². The van der Waals surface area contributed by atoms with Crippen molar-refractivity contribution in [2.75, 3.05) is 38.7 Å². The van der Waals surface area contributed by atoms with Gasteiger partial charge in [-0.15, -0.1) is 5.10 Å². The first-order chi connectivity index (χ1) is 19.9. The Bertz CT molecular complexity index is 1520. The van der Waals surface area contributed by atoms with Crippen LogP contribution in [0.5, 0.6) is 17.5 Å². The molecular weight excluding hydrogens is 529 g/mol. The summed E-state index contributed by atoms with van der Waals surface area (Å²) >= 11 is 0. The fourth-order valence-corrected chi connectivity index (χ4v) is 5.16. The van der Waals surface area contributed by atoms with Gasteiger partial charge in [0.1, 0.15) is 29.1 Å². The molecule has 13 heteroatoms. The minimum atomic E-state index is -1.03. The quantitative estimate of drug-likeness (QED) is 0.390. The van der Waals surface area contributed by atoms with Gasteiger partial charge in [0.05, 0.1) is 37.1 Å². The highest BCUT2D eigenvalue weighted by atomic mass is 19.1. The number of fused-ring (bicyclic) bond motifs is 6. The van der Waals surface area contributed by atoms with Crippen molar-refractivity contribution in [2.45, 2.75) is 45.0 Å². The molecule has 4 bridgehead atoms. The van der Waals surface area contributed by atoms with E-state index >= 15 is 4.39 Å². The molecule has 0 amide bonds. The molecule has 0 aliphatic carbocycles. The number of piperidine rings is 1. The van der Waals surface area contributed by atoms with Gasteiger partial charge in [0, 0.05) is 56.8 Å². The lowest BCUT2D eigenvalue weighted by Crippen LogP contribution is -2.40. The molecule has 0 saturated carbocycles. The van der Waals surface area contributed by atoms with Crippen molar-refractivity contribution in [1.29, 1.82) is 0 Å². The molecule has 2 unspecified atom stereocenters. The zero-order valence-corrected chi connectivity index (χ0v) is 23.6. The van der Waals surface area contributed by atoms with Crippen LogP contribution < -0.4 is 19.5 Å². The predicted molar refractivity (Wildman–Crippen MR) is 150 cm³/mol. The zero-order chi connectivity index (χ0) is 28.5. The van der Waals surface area contributed by atoms with Gasteiger partial charge < -0.3 is 24.4 Å². The minimum Gasteiger partial charge on any atom is -0.490 e. The molecule has 1 saturated heterocycles. The molecule has 4 aromatic heterocycles. The van der Waals surface area contributed by atoms with E-state index in [0.717, 1.165) is 6.54 Å². The van der Waals surface area contributed by atoms with Gasteiger partial charge in [-0.2, -0.15) is 5.10 Å². The van der Waals surface area contributed by atoms with Crippen molar-refractivity contribution in [2.24, 2.45) is 7.05 Å². The van der Waals surface area contributed by atoms with Crippen molar-refractivity contribution >= 4 is 11.6 Å². The van der Waals surface area contributed by atoms with E-state index in [-0.39, 0.29) is 12.1 Å². The molecule has 41 heavy (non-hydrogen) atoms. The summed E-state index contributed by atoms with van der Waals surface area (Å²) in [6, 6.07) is 3.22. The number of aryl methyl sites for hydroxylation is 1. The van der Waals surface area contributed by atoms with Crippen molar-refractivity contribution in [3.05, 3.63) is 36.9 Å². The third-order valence-electron chi connectivity index (χ3n) is 7.31. The number of halogens is 1. The number of nitrogens with zero attached hydrogens (tertiary/aromatic N) is 8. The maximum absolute atomic E-state index is 15.1. The highest BCUT2D eigenvalue weighted by Gasteiger charge is 2.31. The number of pyridine rings is 1. The van der Waals surface area contributed by atoms with E-state index in [9.17, 15) is 0 Å². The van der Waals surface area contributed by atoms with Gasteiger partial charge in [0.2, 0.25) is 11.8 Å². The van der Waals surface area contributed by atoms with Crippen LogP contribution in [-0.2, 0) is 7.05 Å². The molecule has 1 N–H and O–H groups in total. The van der Waals surface area contributed by atoms with Crippen molar-refractivity contribution in [1.82, 2.24) is 39.4 Å². The molecule has 6 rings (SSSR count). The van der Waals surface area contributed by atoms with Crippen LogP contribution in [0, 0.1) is 0 Å². The Morgan fingerprint density at radius 1 is 1.12 bits per heavy atom.